The summed E-state index contributed by atoms with van der Waals surface area (Å²) >= 11 is 0. The number of nitrogens with zero attached hydrogens (tertiary/aromatic N) is 1. The standard InChI is InChI=1S/C14H19NO4S/c1-10-5-4-8-15(9-10)20(18,19)13-7-3-6-12(11(13)2)14(16)17/h3,6-7,10H,4-5,8-9H2,1-2H3,(H,16,17). The van der Waals surface area contributed by atoms with Crippen molar-refractivity contribution in [1.82, 2.24) is 4.31 Å². The van der Waals surface area contributed by atoms with Crippen LogP contribution < -0.4 is 0 Å². The van der Waals surface area contributed by atoms with Crippen LogP contribution in [0.5, 0.6) is 0 Å². The average molecular weight is 297 g/mol. The predicted octanol–water partition coefficient (Wildman–Crippen LogP) is 2.11. The molecule has 20 heavy (non-hydrogen) atoms. The Morgan fingerprint density at radius 1 is 1.40 bits per heavy atom. The molecule has 0 spiro atoms. The van der Waals surface area contributed by atoms with E-state index in [1.807, 2.05) is 6.92 Å². The molecule has 0 radical (unpaired) electrons. The van der Waals surface area contributed by atoms with Crippen LogP contribution in [-0.2, 0) is 10.0 Å². The number of benzene rings is 1. The summed E-state index contributed by atoms with van der Waals surface area (Å²) in [5, 5.41) is 9.10. The fourth-order valence-corrected chi connectivity index (χ4v) is 4.48. The third kappa shape index (κ3) is 2.71. The van der Waals surface area contributed by atoms with Crippen LogP contribution >= 0.6 is 0 Å². The van der Waals surface area contributed by atoms with Crippen LogP contribution in [0.3, 0.4) is 0 Å². The summed E-state index contributed by atoms with van der Waals surface area (Å²) in [5.41, 5.74) is 0.342. The van der Waals surface area contributed by atoms with Crippen LogP contribution in [0.4, 0.5) is 0 Å². The highest BCUT2D eigenvalue weighted by atomic mass is 32.2. The van der Waals surface area contributed by atoms with Crippen molar-refractivity contribution in [3.05, 3.63) is 29.3 Å². The van der Waals surface area contributed by atoms with E-state index in [9.17, 15) is 13.2 Å². The molecule has 0 bridgehead atoms. The summed E-state index contributed by atoms with van der Waals surface area (Å²) in [7, 11) is -3.61. The first kappa shape index (κ1) is 15.0. The minimum atomic E-state index is -3.61. The molecule has 0 amide bonds. The first-order chi connectivity index (χ1) is 9.34. The molecule has 2 rings (SSSR count). The quantitative estimate of drug-likeness (QED) is 0.927. The molecule has 1 fully saturated rings. The van der Waals surface area contributed by atoms with Crippen molar-refractivity contribution >= 4 is 16.0 Å². The van der Waals surface area contributed by atoms with Crippen molar-refractivity contribution in [2.75, 3.05) is 13.1 Å². The van der Waals surface area contributed by atoms with E-state index in [1.54, 1.807) is 6.92 Å². The largest absolute Gasteiger partial charge is 0.478 e. The molecule has 110 valence electrons. The van der Waals surface area contributed by atoms with Crippen molar-refractivity contribution in [1.29, 1.82) is 0 Å². The maximum absolute atomic E-state index is 12.7. The molecular formula is C14H19NO4S. The molecule has 6 heteroatoms. The first-order valence-corrected chi connectivity index (χ1v) is 8.11. The molecule has 1 saturated heterocycles. The lowest BCUT2D eigenvalue weighted by atomic mass is 10.0. The Labute approximate surface area is 119 Å². The summed E-state index contributed by atoms with van der Waals surface area (Å²) in [6.07, 6.45) is 1.87. The van der Waals surface area contributed by atoms with Gasteiger partial charge in [0.15, 0.2) is 0 Å². The predicted molar refractivity (Wildman–Crippen MR) is 75.3 cm³/mol. The second-order valence-corrected chi connectivity index (χ2v) is 7.25. The summed E-state index contributed by atoms with van der Waals surface area (Å²) in [6.45, 7) is 4.58. The average Bonchev–Trinajstić information content (AvgIpc) is 2.38. The normalized spacial score (nSPS) is 20.8. The SMILES string of the molecule is Cc1c(C(=O)O)cccc1S(=O)(=O)N1CCCC(C)C1. The second kappa shape index (κ2) is 5.54. The van der Waals surface area contributed by atoms with Gasteiger partial charge in [0.05, 0.1) is 10.5 Å². The molecule has 0 aromatic heterocycles. The molecule has 0 aliphatic carbocycles. The van der Waals surface area contributed by atoms with Crippen LogP contribution in [-0.4, -0.2) is 36.9 Å². The van der Waals surface area contributed by atoms with Gasteiger partial charge in [-0.2, -0.15) is 4.31 Å². The number of rotatable bonds is 3. The van der Waals surface area contributed by atoms with E-state index >= 15 is 0 Å². The Morgan fingerprint density at radius 2 is 2.10 bits per heavy atom. The van der Waals surface area contributed by atoms with E-state index in [1.165, 1.54) is 22.5 Å². The number of carboxylic acids is 1. The Hall–Kier alpha value is -1.40. The molecule has 1 unspecified atom stereocenters. The number of sulfonamides is 1. The molecule has 1 aliphatic rings. The van der Waals surface area contributed by atoms with Crippen LogP contribution in [0.15, 0.2) is 23.1 Å². The van der Waals surface area contributed by atoms with Crippen molar-refractivity contribution in [3.63, 3.8) is 0 Å². The van der Waals surface area contributed by atoms with Crippen molar-refractivity contribution in [3.8, 4) is 0 Å². The summed E-state index contributed by atoms with van der Waals surface area (Å²) < 4.78 is 26.8. The summed E-state index contributed by atoms with van der Waals surface area (Å²) in [5.74, 6) is -0.770. The minimum Gasteiger partial charge on any atom is -0.478 e. The van der Waals surface area contributed by atoms with E-state index in [0.29, 0.717) is 24.6 Å². The maximum Gasteiger partial charge on any atom is 0.335 e. The van der Waals surface area contributed by atoms with E-state index in [4.69, 9.17) is 5.11 Å². The maximum atomic E-state index is 12.7. The van der Waals surface area contributed by atoms with Crippen molar-refractivity contribution < 1.29 is 18.3 Å². The smallest absolute Gasteiger partial charge is 0.335 e. The Bertz CT molecular complexity index is 624. The van der Waals surface area contributed by atoms with Gasteiger partial charge in [0.25, 0.3) is 0 Å². The van der Waals surface area contributed by atoms with Gasteiger partial charge in [-0.3, -0.25) is 0 Å². The Balaban J connectivity index is 2.44. The highest BCUT2D eigenvalue weighted by Crippen LogP contribution is 2.26. The number of carboxylic acid groups (broad SMARTS) is 1. The lowest BCUT2D eigenvalue weighted by molar-refractivity contribution is 0.0696. The Morgan fingerprint density at radius 3 is 2.70 bits per heavy atom. The molecule has 1 aromatic rings. The van der Waals surface area contributed by atoms with Crippen LogP contribution in [0, 0.1) is 12.8 Å². The fourth-order valence-electron chi connectivity index (χ4n) is 2.63. The monoisotopic (exact) mass is 297 g/mol. The van der Waals surface area contributed by atoms with Gasteiger partial charge in [-0.25, -0.2) is 13.2 Å². The summed E-state index contributed by atoms with van der Waals surface area (Å²) in [6, 6.07) is 4.39. The molecule has 1 heterocycles. The number of carbonyl (C=O) groups is 1. The third-order valence-corrected chi connectivity index (χ3v) is 5.76. The van der Waals surface area contributed by atoms with Crippen LogP contribution in [0.1, 0.15) is 35.7 Å². The number of hydrogen-bond acceptors (Lipinski definition) is 3. The van der Waals surface area contributed by atoms with Gasteiger partial charge in [-0.05, 0) is 43.4 Å². The van der Waals surface area contributed by atoms with Gasteiger partial charge in [0, 0.05) is 13.1 Å². The van der Waals surface area contributed by atoms with E-state index in [0.717, 1.165) is 12.8 Å². The molecule has 1 aliphatic heterocycles. The van der Waals surface area contributed by atoms with E-state index < -0.39 is 16.0 Å². The molecule has 0 saturated carbocycles. The molecule has 5 nitrogen and oxygen atoms in total. The van der Waals surface area contributed by atoms with Crippen molar-refractivity contribution in [2.45, 2.75) is 31.6 Å². The van der Waals surface area contributed by atoms with Gasteiger partial charge in [-0.1, -0.05) is 13.0 Å². The fraction of sp³-hybridized carbons (Fsp3) is 0.500. The van der Waals surface area contributed by atoms with Gasteiger partial charge < -0.3 is 5.11 Å². The van der Waals surface area contributed by atoms with Gasteiger partial charge in [0.1, 0.15) is 0 Å². The van der Waals surface area contributed by atoms with Crippen molar-refractivity contribution in [2.24, 2.45) is 5.92 Å². The zero-order valence-corrected chi connectivity index (χ0v) is 12.5. The molecular weight excluding hydrogens is 278 g/mol. The lowest BCUT2D eigenvalue weighted by Gasteiger charge is -2.30. The third-order valence-electron chi connectivity index (χ3n) is 3.75. The van der Waals surface area contributed by atoms with Crippen LogP contribution in [0.2, 0.25) is 0 Å². The highest BCUT2D eigenvalue weighted by molar-refractivity contribution is 7.89. The van der Waals surface area contributed by atoms with E-state index in [-0.39, 0.29) is 10.5 Å². The van der Waals surface area contributed by atoms with Crippen LogP contribution in [0.25, 0.3) is 0 Å². The number of hydrogen-bond donors (Lipinski definition) is 1. The number of piperidine rings is 1. The first-order valence-electron chi connectivity index (χ1n) is 6.67. The highest BCUT2D eigenvalue weighted by Gasteiger charge is 2.30. The van der Waals surface area contributed by atoms with Gasteiger partial charge in [0.2, 0.25) is 10.0 Å². The lowest BCUT2D eigenvalue weighted by Crippen LogP contribution is -2.39. The topological polar surface area (TPSA) is 74.7 Å². The van der Waals surface area contributed by atoms with Gasteiger partial charge in [-0.15, -0.1) is 0 Å². The second-order valence-electron chi connectivity index (χ2n) is 5.34. The Kier molecular flexibility index (Phi) is 4.15. The number of aromatic carboxylic acids is 1. The minimum absolute atomic E-state index is 0.0381. The zero-order valence-electron chi connectivity index (χ0n) is 11.7. The molecule has 1 aromatic carbocycles. The van der Waals surface area contributed by atoms with Gasteiger partial charge >= 0.3 is 5.97 Å². The molecule has 1 atom stereocenters. The van der Waals surface area contributed by atoms with E-state index in [2.05, 4.69) is 0 Å². The zero-order chi connectivity index (χ0) is 14.9. The summed E-state index contributed by atoms with van der Waals surface area (Å²) in [4.78, 5) is 11.2. The molecule has 1 N–H and O–H groups in total.